The Kier molecular flexibility index (Phi) is 4.54. The van der Waals surface area contributed by atoms with Crippen LogP contribution in [0.3, 0.4) is 0 Å². The summed E-state index contributed by atoms with van der Waals surface area (Å²) in [6.07, 6.45) is 3.53. The van der Waals surface area contributed by atoms with Crippen LogP contribution in [-0.2, 0) is 6.54 Å². The van der Waals surface area contributed by atoms with Crippen molar-refractivity contribution in [1.82, 2.24) is 20.1 Å². The van der Waals surface area contributed by atoms with Gasteiger partial charge in [-0.15, -0.1) is 0 Å². The minimum Gasteiger partial charge on any atom is -0.367 e. The molecule has 1 aliphatic rings. The van der Waals surface area contributed by atoms with E-state index in [4.69, 9.17) is 0 Å². The quantitative estimate of drug-likeness (QED) is 0.896. The van der Waals surface area contributed by atoms with Crippen LogP contribution in [0.5, 0.6) is 0 Å². The zero-order valence-corrected chi connectivity index (χ0v) is 14.0. The molecule has 0 amide bonds. The highest BCUT2D eigenvalue weighted by molar-refractivity contribution is 9.10. The van der Waals surface area contributed by atoms with Gasteiger partial charge in [0.05, 0.1) is 11.9 Å². The topological polar surface area (TPSA) is 65.1 Å². The summed E-state index contributed by atoms with van der Waals surface area (Å²) in [5.41, 5.74) is 3.04. The number of pyridine rings is 1. The molecule has 22 heavy (non-hydrogen) atoms. The zero-order chi connectivity index (χ0) is 15.5. The van der Waals surface area contributed by atoms with Crippen molar-refractivity contribution in [3.63, 3.8) is 0 Å². The molecule has 2 aromatic heterocycles. The molecule has 0 atom stereocenters. The molecule has 6 nitrogen and oxygen atoms in total. The first-order valence-electron chi connectivity index (χ1n) is 7.26. The highest BCUT2D eigenvalue weighted by atomic mass is 79.9. The number of rotatable bonds is 3. The van der Waals surface area contributed by atoms with Crippen molar-refractivity contribution < 1.29 is 0 Å². The standard InChI is InChI=1S/C15H18BrN5O/c1-11-12(3-2-4-17-11)10-20-5-7-21(8-6-20)13-9-18-19-15(22)14(13)16/h2-4,9H,5-8,10H2,1H3,(H,19,22). The lowest BCUT2D eigenvalue weighted by Gasteiger charge is -2.36. The Morgan fingerprint density at radius 2 is 2.09 bits per heavy atom. The highest BCUT2D eigenvalue weighted by Crippen LogP contribution is 2.22. The van der Waals surface area contributed by atoms with Gasteiger partial charge in [0, 0.05) is 44.6 Å². The Bertz CT molecular complexity index is 709. The molecule has 1 fully saturated rings. The number of halogens is 1. The van der Waals surface area contributed by atoms with Crippen molar-refractivity contribution in [1.29, 1.82) is 0 Å². The average Bonchev–Trinajstić information content (AvgIpc) is 2.53. The van der Waals surface area contributed by atoms with Crippen LogP contribution in [0.25, 0.3) is 0 Å². The Balaban J connectivity index is 1.64. The van der Waals surface area contributed by atoms with Gasteiger partial charge in [-0.05, 0) is 34.5 Å². The summed E-state index contributed by atoms with van der Waals surface area (Å²) < 4.78 is 0.555. The number of aryl methyl sites for hydroxylation is 1. The van der Waals surface area contributed by atoms with Crippen molar-refractivity contribution in [3.8, 4) is 0 Å². The van der Waals surface area contributed by atoms with E-state index in [1.54, 1.807) is 6.20 Å². The maximum atomic E-state index is 11.6. The molecule has 1 saturated heterocycles. The van der Waals surface area contributed by atoms with Crippen LogP contribution in [0.2, 0.25) is 0 Å². The van der Waals surface area contributed by atoms with E-state index in [9.17, 15) is 4.79 Å². The average molecular weight is 364 g/mol. The molecular weight excluding hydrogens is 346 g/mol. The molecule has 0 bridgehead atoms. The first-order valence-corrected chi connectivity index (χ1v) is 8.05. The first-order chi connectivity index (χ1) is 10.6. The van der Waals surface area contributed by atoms with Crippen LogP contribution < -0.4 is 10.5 Å². The normalized spacial score (nSPS) is 16.0. The third kappa shape index (κ3) is 3.20. The molecule has 116 valence electrons. The van der Waals surface area contributed by atoms with Crippen molar-refractivity contribution in [2.24, 2.45) is 0 Å². The number of anilines is 1. The van der Waals surface area contributed by atoms with Crippen LogP contribution in [0, 0.1) is 6.92 Å². The lowest BCUT2D eigenvalue weighted by atomic mass is 10.2. The minimum absolute atomic E-state index is 0.189. The predicted molar refractivity (Wildman–Crippen MR) is 89.0 cm³/mol. The van der Waals surface area contributed by atoms with E-state index in [1.807, 2.05) is 19.2 Å². The van der Waals surface area contributed by atoms with Gasteiger partial charge in [0.2, 0.25) is 0 Å². The lowest BCUT2D eigenvalue weighted by Crippen LogP contribution is -2.46. The molecule has 1 aliphatic heterocycles. The van der Waals surface area contributed by atoms with Crippen LogP contribution >= 0.6 is 15.9 Å². The van der Waals surface area contributed by atoms with Crippen LogP contribution in [0.4, 0.5) is 5.69 Å². The van der Waals surface area contributed by atoms with E-state index < -0.39 is 0 Å². The van der Waals surface area contributed by atoms with Gasteiger partial charge in [0.1, 0.15) is 4.47 Å². The maximum absolute atomic E-state index is 11.6. The Labute approximate surface area is 137 Å². The third-order valence-corrected chi connectivity index (χ3v) is 4.77. The fourth-order valence-electron chi connectivity index (χ4n) is 2.67. The van der Waals surface area contributed by atoms with E-state index in [-0.39, 0.29) is 5.56 Å². The Morgan fingerprint density at radius 3 is 2.82 bits per heavy atom. The van der Waals surface area contributed by atoms with Gasteiger partial charge in [0.25, 0.3) is 5.56 Å². The van der Waals surface area contributed by atoms with Crippen molar-refractivity contribution in [2.45, 2.75) is 13.5 Å². The molecule has 0 saturated carbocycles. The van der Waals surface area contributed by atoms with Crippen molar-refractivity contribution >= 4 is 21.6 Å². The van der Waals surface area contributed by atoms with Crippen LogP contribution in [0.15, 0.2) is 33.8 Å². The number of aromatic nitrogens is 3. The summed E-state index contributed by atoms with van der Waals surface area (Å²) in [6, 6.07) is 4.11. The van der Waals surface area contributed by atoms with Gasteiger partial charge in [-0.25, -0.2) is 5.10 Å². The summed E-state index contributed by atoms with van der Waals surface area (Å²) >= 11 is 3.35. The van der Waals surface area contributed by atoms with E-state index >= 15 is 0 Å². The van der Waals surface area contributed by atoms with Crippen molar-refractivity contribution in [3.05, 3.63) is 50.6 Å². The third-order valence-electron chi connectivity index (χ3n) is 4.00. The molecule has 3 heterocycles. The maximum Gasteiger partial charge on any atom is 0.280 e. The summed E-state index contributed by atoms with van der Waals surface area (Å²) in [4.78, 5) is 20.6. The van der Waals surface area contributed by atoms with Gasteiger partial charge < -0.3 is 4.90 Å². The Hall–Kier alpha value is -1.73. The number of piperazine rings is 1. The predicted octanol–water partition coefficient (Wildman–Crippen LogP) is 1.56. The fourth-order valence-corrected chi connectivity index (χ4v) is 3.11. The summed E-state index contributed by atoms with van der Waals surface area (Å²) in [7, 11) is 0. The van der Waals surface area contributed by atoms with E-state index in [0.29, 0.717) is 4.47 Å². The number of nitrogens with zero attached hydrogens (tertiary/aromatic N) is 4. The second-order valence-corrected chi connectivity index (χ2v) is 6.20. The molecule has 1 N–H and O–H groups in total. The van der Waals surface area contributed by atoms with E-state index in [2.05, 4.69) is 47.0 Å². The molecule has 3 rings (SSSR count). The minimum atomic E-state index is -0.189. The largest absolute Gasteiger partial charge is 0.367 e. The molecular formula is C15H18BrN5O. The lowest BCUT2D eigenvalue weighted by molar-refractivity contribution is 0.249. The summed E-state index contributed by atoms with van der Waals surface area (Å²) in [6.45, 7) is 6.63. The summed E-state index contributed by atoms with van der Waals surface area (Å²) in [5, 5.41) is 6.32. The summed E-state index contributed by atoms with van der Waals surface area (Å²) in [5.74, 6) is 0. The van der Waals surface area contributed by atoms with Crippen molar-refractivity contribution in [2.75, 3.05) is 31.1 Å². The van der Waals surface area contributed by atoms with Gasteiger partial charge in [-0.3, -0.25) is 14.7 Å². The second-order valence-electron chi connectivity index (χ2n) is 5.41. The fraction of sp³-hybridized carbons (Fsp3) is 0.400. The Morgan fingerprint density at radius 1 is 1.32 bits per heavy atom. The monoisotopic (exact) mass is 363 g/mol. The number of H-pyrrole nitrogens is 1. The number of hydrogen-bond donors (Lipinski definition) is 1. The van der Waals surface area contributed by atoms with E-state index in [1.165, 1.54) is 5.56 Å². The number of nitrogens with one attached hydrogen (secondary N) is 1. The SMILES string of the molecule is Cc1ncccc1CN1CCN(c2cn[nH]c(=O)c2Br)CC1. The van der Waals surface area contributed by atoms with Gasteiger partial charge in [-0.1, -0.05) is 6.07 Å². The second kappa shape index (κ2) is 6.58. The molecule has 0 aromatic carbocycles. The number of hydrogen-bond acceptors (Lipinski definition) is 5. The van der Waals surface area contributed by atoms with Crippen LogP contribution in [-0.4, -0.2) is 46.3 Å². The first kappa shape index (κ1) is 15.2. The highest BCUT2D eigenvalue weighted by Gasteiger charge is 2.20. The molecule has 0 unspecified atom stereocenters. The molecule has 7 heteroatoms. The smallest absolute Gasteiger partial charge is 0.280 e. The zero-order valence-electron chi connectivity index (χ0n) is 12.4. The molecule has 0 radical (unpaired) electrons. The molecule has 2 aromatic rings. The van der Waals surface area contributed by atoms with Gasteiger partial charge in [-0.2, -0.15) is 5.10 Å². The molecule has 0 aliphatic carbocycles. The van der Waals surface area contributed by atoms with Gasteiger partial charge >= 0.3 is 0 Å². The van der Waals surface area contributed by atoms with Gasteiger partial charge in [0.15, 0.2) is 0 Å². The molecule has 0 spiro atoms. The number of aromatic amines is 1. The van der Waals surface area contributed by atoms with Crippen LogP contribution in [0.1, 0.15) is 11.3 Å². The van der Waals surface area contributed by atoms with E-state index in [0.717, 1.165) is 44.1 Å².